The number of carbonyl (C=O) groups excluding carboxylic acids is 1. The third-order valence-electron chi connectivity index (χ3n) is 3.12. The minimum atomic E-state index is -0.936. The van der Waals surface area contributed by atoms with Crippen molar-refractivity contribution in [2.24, 2.45) is 0 Å². The van der Waals surface area contributed by atoms with Crippen molar-refractivity contribution >= 4 is 11.8 Å². The molecule has 0 spiro atoms. The zero-order chi connectivity index (χ0) is 14.3. The van der Waals surface area contributed by atoms with Crippen LogP contribution in [-0.2, 0) is 16.0 Å². The molecule has 1 rings (SSSR count). The highest BCUT2D eigenvalue weighted by Gasteiger charge is 2.21. The molecular formula is C15H21NO3. The summed E-state index contributed by atoms with van der Waals surface area (Å²) >= 11 is 0. The Morgan fingerprint density at radius 2 is 1.89 bits per heavy atom. The van der Waals surface area contributed by atoms with Gasteiger partial charge >= 0.3 is 5.97 Å². The van der Waals surface area contributed by atoms with Gasteiger partial charge in [0.25, 0.3) is 0 Å². The van der Waals surface area contributed by atoms with Crippen molar-refractivity contribution in [2.45, 2.75) is 45.2 Å². The van der Waals surface area contributed by atoms with Crippen LogP contribution in [0, 0.1) is 0 Å². The molecule has 2 atom stereocenters. The number of hydrogen-bond acceptors (Lipinski definition) is 3. The van der Waals surface area contributed by atoms with E-state index in [9.17, 15) is 9.59 Å². The lowest BCUT2D eigenvalue weighted by molar-refractivity contribution is -0.139. The lowest BCUT2D eigenvalue weighted by Crippen LogP contribution is -2.45. The first-order chi connectivity index (χ1) is 9.04. The van der Waals surface area contributed by atoms with Gasteiger partial charge in [0.2, 0.25) is 0 Å². The van der Waals surface area contributed by atoms with Crippen LogP contribution in [0.15, 0.2) is 30.3 Å². The van der Waals surface area contributed by atoms with Crippen molar-refractivity contribution in [3.63, 3.8) is 0 Å². The van der Waals surface area contributed by atoms with Crippen LogP contribution < -0.4 is 5.32 Å². The Bertz CT molecular complexity index is 417. The molecule has 0 aliphatic carbocycles. The fourth-order valence-corrected chi connectivity index (χ4v) is 1.91. The molecule has 4 nitrogen and oxygen atoms in total. The van der Waals surface area contributed by atoms with E-state index in [0.717, 1.165) is 12.0 Å². The van der Waals surface area contributed by atoms with Crippen LogP contribution in [0.4, 0.5) is 0 Å². The average Bonchev–Trinajstić information content (AvgIpc) is 2.43. The van der Waals surface area contributed by atoms with Gasteiger partial charge in [0, 0.05) is 6.42 Å². The molecule has 0 bridgehead atoms. The Kier molecular flexibility index (Phi) is 6.22. The standard InChI is InChI=1S/C15H21NO3/c1-3-14(17)13(16-11(2)15(18)19)10-9-12-7-5-4-6-8-12/h4-8,11,13,16H,3,9-10H2,1-2H3,(H,18,19). The Labute approximate surface area is 113 Å². The van der Waals surface area contributed by atoms with Crippen LogP contribution in [0.3, 0.4) is 0 Å². The maximum atomic E-state index is 11.8. The number of carbonyl (C=O) groups is 2. The molecule has 2 N–H and O–H groups in total. The van der Waals surface area contributed by atoms with E-state index in [-0.39, 0.29) is 5.78 Å². The van der Waals surface area contributed by atoms with Crippen LogP contribution >= 0.6 is 0 Å². The van der Waals surface area contributed by atoms with Crippen molar-refractivity contribution in [1.82, 2.24) is 5.32 Å². The number of carboxylic acids is 1. The predicted octanol–water partition coefficient (Wildman–Crippen LogP) is 2.03. The van der Waals surface area contributed by atoms with Gasteiger partial charge in [0.1, 0.15) is 11.8 Å². The number of nitrogens with one attached hydrogen (secondary N) is 1. The number of rotatable bonds is 8. The van der Waals surface area contributed by atoms with Crippen LogP contribution in [-0.4, -0.2) is 28.9 Å². The molecule has 0 aliphatic heterocycles. The molecule has 1 aromatic carbocycles. The molecule has 19 heavy (non-hydrogen) atoms. The number of benzene rings is 1. The minimum Gasteiger partial charge on any atom is -0.480 e. The van der Waals surface area contributed by atoms with E-state index < -0.39 is 18.1 Å². The summed E-state index contributed by atoms with van der Waals surface area (Å²) in [7, 11) is 0. The van der Waals surface area contributed by atoms with Gasteiger partial charge in [-0.25, -0.2) is 0 Å². The quantitative estimate of drug-likeness (QED) is 0.753. The maximum absolute atomic E-state index is 11.8. The lowest BCUT2D eigenvalue weighted by atomic mass is 10.00. The Hall–Kier alpha value is -1.68. The molecule has 0 heterocycles. The highest BCUT2D eigenvalue weighted by molar-refractivity contribution is 5.84. The van der Waals surface area contributed by atoms with Gasteiger partial charge < -0.3 is 5.11 Å². The van der Waals surface area contributed by atoms with E-state index in [4.69, 9.17) is 5.11 Å². The van der Waals surface area contributed by atoms with E-state index in [1.165, 1.54) is 0 Å². The van der Waals surface area contributed by atoms with Crippen LogP contribution in [0.2, 0.25) is 0 Å². The third-order valence-corrected chi connectivity index (χ3v) is 3.12. The largest absolute Gasteiger partial charge is 0.480 e. The molecule has 0 saturated carbocycles. The molecule has 104 valence electrons. The summed E-state index contributed by atoms with van der Waals surface area (Å²) in [5.74, 6) is -0.877. The summed E-state index contributed by atoms with van der Waals surface area (Å²) in [6.45, 7) is 3.35. The second-order valence-corrected chi connectivity index (χ2v) is 4.62. The van der Waals surface area contributed by atoms with Crippen molar-refractivity contribution in [3.05, 3.63) is 35.9 Å². The van der Waals surface area contributed by atoms with Crippen molar-refractivity contribution in [1.29, 1.82) is 0 Å². The average molecular weight is 263 g/mol. The van der Waals surface area contributed by atoms with E-state index in [0.29, 0.717) is 12.8 Å². The van der Waals surface area contributed by atoms with Gasteiger partial charge in [-0.15, -0.1) is 0 Å². The highest BCUT2D eigenvalue weighted by Crippen LogP contribution is 2.07. The van der Waals surface area contributed by atoms with E-state index >= 15 is 0 Å². The molecule has 0 radical (unpaired) electrons. The van der Waals surface area contributed by atoms with Gasteiger partial charge in [-0.1, -0.05) is 37.3 Å². The number of ketones is 1. The first kappa shape index (κ1) is 15.4. The summed E-state index contributed by atoms with van der Waals surface area (Å²) in [4.78, 5) is 22.7. The fraction of sp³-hybridized carbons (Fsp3) is 0.467. The molecule has 0 amide bonds. The molecule has 0 saturated heterocycles. The molecule has 1 aromatic rings. The monoisotopic (exact) mass is 263 g/mol. The second-order valence-electron chi connectivity index (χ2n) is 4.62. The second kappa shape index (κ2) is 7.69. The van der Waals surface area contributed by atoms with E-state index in [1.807, 2.05) is 30.3 Å². The predicted molar refractivity (Wildman–Crippen MR) is 74.1 cm³/mol. The van der Waals surface area contributed by atoms with Gasteiger partial charge in [-0.05, 0) is 25.3 Å². The van der Waals surface area contributed by atoms with Crippen LogP contribution in [0.25, 0.3) is 0 Å². The minimum absolute atomic E-state index is 0.0593. The topological polar surface area (TPSA) is 66.4 Å². The Balaban J connectivity index is 2.60. The summed E-state index contributed by atoms with van der Waals surface area (Å²) < 4.78 is 0. The van der Waals surface area contributed by atoms with Crippen molar-refractivity contribution in [2.75, 3.05) is 0 Å². The lowest BCUT2D eigenvalue weighted by Gasteiger charge is -2.19. The van der Waals surface area contributed by atoms with Gasteiger partial charge in [0.05, 0.1) is 6.04 Å². The van der Waals surface area contributed by atoms with Crippen LogP contribution in [0.1, 0.15) is 32.3 Å². The highest BCUT2D eigenvalue weighted by atomic mass is 16.4. The summed E-state index contributed by atoms with van der Waals surface area (Å²) in [5, 5.41) is 11.8. The molecule has 0 fully saturated rings. The smallest absolute Gasteiger partial charge is 0.320 e. The SMILES string of the molecule is CCC(=O)C(CCc1ccccc1)NC(C)C(=O)O. The zero-order valence-electron chi connectivity index (χ0n) is 11.4. The number of aryl methyl sites for hydroxylation is 1. The van der Waals surface area contributed by atoms with E-state index in [2.05, 4.69) is 5.32 Å². The van der Waals surface area contributed by atoms with Crippen molar-refractivity contribution in [3.8, 4) is 0 Å². The van der Waals surface area contributed by atoms with E-state index in [1.54, 1.807) is 13.8 Å². The molecule has 2 unspecified atom stereocenters. The molecule has 4 heteroatoms. The van der Waals surface area contributed by atoms with Gasteiger partial charge in [0.15, 0.2) is 0 Å². The zero-order valence-corrected chi connectivity index (χ0v) is 11.4. The molecular weight excluding hydrogens is 242 g/mol. The van der Waals surface area contributed by atoms with Crippen LogP contribution in [0.5, 0.6) is 0 Å². The number of aliphatic carboxylic acids is 1. The number of carboxylic acid groups (broad SMARTS) is 1. The molecule has 0 aromatic heterocycles. The van der Waals surface area contributed by atoms with Crippen molar-refractivity contribution < 1.29 is 14.7 Å². The number of Topliss-reactive ketones (excluding diaryl/α,β-unsaturated/α-hetero) is 1. The Morgan fingerprint density at radius 3 is 2.42 bits per heavy atom. The fourth-order valence-electron chi connectivity index (χ4n) is 1.91. The first-order valence-electron chi connectivity index (χ1n) is 6.60. The number of hydrogen-bond donors (Lipinski definition) is 2. The third kappa shape index (κ3) is 5.22. The Morgan fingerprint density at radius 1 is 1.26 bits per heavy atom. The van der Waals surface area contributed by atoms with Gasteiger partial charge in [-0.3, -0.25) is 14.9 Å². The van der Waals surface area contributed by atoms with Gasteiger partial charge in [-0.2, -0.15) is 0 Å². The first-order valence-corrected chi connectivity index (χ1v) is 6.60. The summed E-state index contributed by atoms with van der Waals surface area (Å²) in [6.07, 6.45) is 1.80. The normalized spacial score (nSPS) is 13.8. The molecule has 0 aliphatic rings. The summed E-state index contributed by atoms with van der Waals surface area (Å²) in [5.41, 5.74) is 1.15. The maximum Gasteiger partial charge on any atom is 0.320 e. The summed E-state index contributed by atoms with van der Waals surface area (Å²) in [6, 6.07) is 8.77.